The van der Waals surface area contributed by atoms with E-state index in [9.17, 15) is 9.59 Å². The quantitative estimate of drug-likeness (QED) is 0.145. The summed E-state index contributed by atoms with van der Waals surface area (Å²) in [5.74, 6) is -0.358. The van der Waals surface area contributed by atoms with Gasteiger partial charge in [-0.2, -0.15) is 0 Å². The molecule has 1 aliphatic heterocycles. The van der Waals surface area contributed by atoms with Gasteiger partial charge in [0, 0.05) is 34.0 Å². The molecule has 0 spiro atoms. The number of nitrogens with zero attached hydrogens (tertiary/aromatic N) is 5. The highest BCUT2D eigenvalue weighted by molar-refractivity contribution is 6.76. The maximum atomic E-state index is 12.8. The van der Waals surface area contributed by atoms with Crippen molar-refractivity contribution in [2.45, 2.75) is 84.0 Å². The first-order chi connectivity index (χ1) is 19.7. The minimum atomic E-state index is -1.15. The topological polar surface area (TPSA) is 80.6 Å². The fourth-order valence-electron chi connectivity index (χ4n) is 5.87. The number of aryl methyl sites for hydroxylation is 2. The number of hydrogen-bond donors (Lipinski definition) is 0. The first-order valence-electron chi connectivity index (χ1n) is 14.9. The molecule has 1 unspecified atom stereocenters. The van der Waals surface area contributed by atoms with Gasteiger partial charge in [0.15, 0.2) is 0 Å². The molecule has 3 heterocycles. The number of amides is 2. The molecule has 218 valence electrons. The van der Waals surface area contributed by atoms with Crippen LogP contribution in [-0.2, 0) is 24.4 Å². The van der Waals surface area contributed by atoms with Crippen molar-refractivity contribution in [3.63, 3.8) is 0 Å². The summed E-state index contributed by atoms with van der Waals surface area (Å²) in [7, 11) is -1.15. The lowest BCUT2D eigenvalue weighted by Gasteiger charge is -2.35. The van der Waals surface area contributed by atoms with Crippen molar-refractivity contribution in [3.8, 4) is 0 Å². The zero-order valence-corrected chi connectivity index (χ0v) is 25.9. The smallest absolute Gasteiger partial charge is 0.261 e. The summed E-state index contributed by atoms with van der Waals surface area (Å²) in [6, 6.07) is 12.7. The van der Waals surface area contributed by atoms with Crippen molar-refractivity contribution < 1.29 is 14.3 Å². The van der Waals surface area contributed by atoms with Crippen molar-refractivity contribution >= 4 is 19.9 Å². The number of pyridine rings is 1. The van der Waals surface area contributed by atoms with Crippen LogP contribution in [0, 0.1) is 6.92 Å². The molecule has 0 saturated carbocycles. The first kappa shape index (κ1) is 29.4. The van der Waals surface area contributed by atoms with Gasteiger partial charge in [0.2, 0.25) is 0 Å². The van der Waals surface area contributed by atoms with Gasteiger partial charge in [-0.25, -0.2) is 4.98 Å². The Morgan fingerprint density at radius 1 is 1.02 bits per heavy atom. The zero-order chi connectivity index (χ0) is 29.0. The van der Waals surface area contributed by atoms with Crippen molar-refractivity contribution in [2.24, 2.45) is 0 Å². The van der Waals surface area contributed by atoms with Crippen LogP contribution in [0.25, 0.3) is 0 Å². The lowest BCUT2D eigenvalue weighted by atomic mass is 9.90. The second-order valence-corrected chi connectivity index (χ2v) is 18.2. The van der Waals surface area contributed by atoms with E-state index in [2.05, 4.69) is 47.1 Å². The summed E-state index contributed by atoms with van der Waals surface area (Å²) in [5.41, 5.74) is 5.72. The minimum absolute atomic E-state index is 0.179. The number of aromatic nitrogens is 3. The molecule has 3 aromatic rings. The molecule has 1 aromatic carbocycles. The summed E-state index contributed by atoms with van der Waals surface area (Å²) in [4.78, 5) is 39.1. The highest BCUT2D eigenvalue weighted by Crippen LogP contribution is 2.34. The van der Waals surface area contributed by atoms with Gasteiger partial charge in [0.05, 0.1) is 40.6 Å². The van der Waals surface area contributed by atoms with E-state index in [1.807, 2.05) is 30.7 Å². The molecule has 1 atom stereocenters. The zero-order valence-electron chi connectivity index (χ0n) is 24.9. The Morgan fingerprint density at radius 2 is 1.78 bits per heavy atom. The fourth-order valence-corrected chi connectivity index (χ4v) is 6.63. The fraction of sp³-hybridized carbons (Fsp3) is 0.500. The Hall–Kier alpha value is -3.14. The van der Waals surface area contributed by atoms with Crippen molar-refractivity contribution in [3.05, 3.63) is 82.7 Å². The normalized spacial score (nSPS) is 16.9. The molecular formula is C32H43N5O3Si. The highest BCUT2D eigenvalue weighted by atomic mass is 28.3. The predicted octanol–water partition coefficient (Wildman–Crippen LogP) is 5.85. The number of imidazole rings is 1. The van der Waals surface area contributed by atoms with E-state index in [0.29, 0.717) is 24.4 Å². The monoisotopic (exact) mass is 573 g/mol. The minimum Gasteiger partial charge on any atom is -0.361 e. The third-order valence-corrected chi connectivity index (χ3v) is 10.0. The van der Waals surface area contributed by atoms with Gasteiger partial charge >= 0.3 is 0 Å². The molecule has 2 amide bonds. The summed E-state index contributed by atoms with van der Waals surface area (Å²) in [6.07, 6.45) is 8.67. The van der Waals surface area contributed by atoms with Gasteiger partial charge < -0.3 is 9.30 Å². The number of benzene rings is 1. The number of rotatable bonds is 13. The van der Waals surface area contributed by atoms with Crippen molar-refractivity contribution in [1.82, 2.24) is 24.3 Å². The predicted molar refractivity (Wildman–Crippen MR) is 162 cm³/mol. The number of hydrogen-bond acceptors (Lipinski definition) is 6. The Kier molecular flexibility index (Phi) is 9.16. The summed E-state index contributed by atoms with van der Waals surface area (Å²) in [6.45, 7) is 12.5. The number of ether oxygens (including phenoxy) is 1. The van der Waals surface area contributed by atoms with Crippen LogP contribution in [0.3, 0.4) is 0 Å². The summed E-state index contributed by atoms with van der Waals surface area (Å²) in [5, 5.41) is 0. The molecular weight excluding hydrogens is 530 g/mol. The van der Waals surface area contributed by atoms with Crippen LogP contribution >= 0.6 is 0 Å². The van der Waals surface area contributed by atoms with E-state index in [0.717, 1.165) is 63.5 Å². The molecule has 8 nitrogen and oxygen atoms in total. The second kappa shape index (κ2) is 12.8. The Balaban J connectivity index is 1.27. The standard InChI is InChI=1S/C32H43N5O3Si/c1-24-29(36(22-34-24)23-40-19-20-41(2,3)4)21-35(28-15-9-11-25-12-10-16-33-30(25)28)17-7-8-18-37-31(38)26-13-5-6-14-27(26)32(37)39/h5-6,10,12-14,16,22,28H,7-9,11,15,17-21,23H2,1-4H3. The van der Waals surface area contributed by atoms with Gasteiger partial charge in [-0.15, -0.1) is 0 Å². The van der Waals surface area contributed by atoms with Crippen LogP contribution in [0.2, 0.25) is 25.7 Å². The summed E-state index contributed by atoms with van der Waals surface area (Å²) >= 11 is 0. The van der Waals surface area contributed by atoms with E-state index in [4.69, 9.17) is 9.72 Å². The van der Waals surface area contributed by atoms with E-state index in [-0.39, 0.29) is 17.9 Å². The third kappa shape index (κ3) is 6.85. The number of fused-ring (bicyclic) bond motifs is 2. The lowest BCUT2D eigenvalue weighted by Crippen LogP contribution is -2.35. The number of carbonyl (C=O) groups excluding carboxylic acids is 2. The van der Waals surface area contributed by atoms with Crippen LogP contribution < -0.4 is 0 Å². The molecule has 9 heteroatoms. The molecule has 0 bridgehead atoms. The number of imide groups is 1. The molecule has 2 aliphatic rings. The van der Waals surface area contributed by atoms with Crippen LogP contribution in [0.15, 0.2) is 48.9 Å². The first-order valence-corrected chi connectivity index (χ1v) is 18.6. The Labute approximate surface area is 244 Å². The van der Waals surface area contributed by atoms with Crippen LogP contribution in [-0.4, -0.2) is 63.9 Å². The van der Waals surface area contributed by atoms with Crippen LogP contribution in [0.1, 0.15) is 75.1 Å². The third-order valence-electron chi connectivity index (χ3n) is 8.30. The van der Waals surface area contributed by atoms with E-state index < -0.39 is 8.07 Å². The lowest BCUT2D eigenvalue weighted by molar-refractivity contribution is 0.0648. The van der Waals surface area contributed by atoms with Gasteiger partial charge in [-0.3, -0.25) is 24.4 Å². The number of carbonyl (C=O) groups is 2. The van der Waals surface area contributed by atoms with Gasteiger partial charge in [-0.1, -0.05) is 37.8 Å². The molecule has 0 N–H and O–H groups in total. The molecule has 0 fully saturated rings. The van der Waals surface area contributed by atoms with Crippen LogP contribution in [0.5, 0.6) is 0 Å². The van der Waals surface area contributed by atoms with Crippen molar-refractivity contribution in [1.29, 1.82) is 0 Å². The largest absolute Gasteiger partial charge is 0.361 e. The summed E-state index contributed by atoms with van der Waals surface area (Å²) < 4.78 is 8.24. The molecule has 5 rings (SSSR count). The SMILES string of the molecule is Cc1ncn(COCC[Si](C)(C)C)c1CN(CCCCN1C(=O)c2ccccc2C1=O)C1CCCc2cccnc21. The molecule has 2 aromatic heterocycles. The average molecular weight is 574 g/mol. The van der Waals surface area contributed by atoms with Gasteiger partial charge in [0.1, 0.15) is 6.73 Å². The molecule has 41 heavy (non-hydrogen) atoms. The highest BCUT2D eigenvalue weighted by Gasteiger charge is 2.35. The Bertz CT molecular complexity index is 1350. The second-order valence-electron chi connectivity index (χ2n) is 12.5. The average Bonchev–Trinajstić information content (AvgIpc) is 3.43. The Morgan fingerprint density at radius 3 is 2.51 bits per heavy atom. The molecule has 0 saturated heterocycles. The van der Waals surface area contributed by atoms with E-state index in [1.165, 1.54) is 21.9 Å². The molecule has 1 aliphatic carbocycles. The van der Waals surface area contributed by atoms with Crippen LogP contribution in [0.4, 0.5) is 0 Å². The maximum Gasteiger partial charge on any atom is 0.261 e. The van der Waals surface area contributed by atoms with E-state index in [1.54, 1.807) is 12.1 Å². The van der Waals surface area contributed by atoms with E-state index >= 15 is 0 Å². The maximum absolute atomic E-state index is 12.8. The van der Waals surface area contributed by atoms with Gasteiger partial charge in [-0.05, 0) is 75.4 Å². The number of unbranched alkanes of at least 4 members (excludes halogenated alkanes) is 1. The van der Waals surface area contributed by atoms with Crippen molar-refractivity contribution in [2.75, 3.05) is 19.7 Å². The van der Waals surface area contributed by atoms with Gasteiger partial charge in [0.25, 0.3) is 11.8 Å². The molecule has 0 radical (unpaired) electrons.